The van der Waals surface area contributed by atoms with Crippen LogP contribution in [0.25, 0.3) is 0 Å². The van der Waals surface area contributed by atoms with Gasteiger partial charge in [0, 0.05) is 26.2 Å². The summed E-state index contributed by atoms with van der Waals surface area (Å²) in [4.78, 5) is 2.36. The van der Waals surface area contributed by atoms with Gasteiger partial charge in [0.1, 0.15) is 0 Å². The molecule has 0 radical (unpaired) electrons. The first-order valence-corrected chi connectivity index (χ1v) is 5.93. The number of nitrogens with zero attached hydrogens (tertiary/aromatic N) is 1. The van der Waals surface area contributed by atoms with E-state index in [0.717, 1.165) is 32.8 Å². The zero-order valence-electron chi connectivity index (χ0n) is 9.74. The van der Waals surface area contributed by atoms with Gasteiger partial charge in [-0.3, -0.25) is 4.90 Å². The molecule has 0 aromatic heterocycles. The maximum Gasteiger partial charge on any atom is 0.0589 e. The molecule has 90 valence electrons. The van der Waals surface area contributed by atoms with E-state index in [1.54, 1.807) is 7.11 Å². The standard InChI is InChI=1S/C11H24N2O2/c1-15-10-8-13(7-9-14)11-3-2-5-12-6-4-11/h11-12,14H,2-10H2,1H3. The van der Waals surface area contributed by atoms with Gasteiger partial charge >= 0.3 is 0 Å². The van der Waals surface area contributed by atoms with Crippen LogP contribution in [-0.4, -0.2) is 62.6 Å². The maximum atomic E-state index is 9.04. The van der Waals surface area contributed by atoms with Crippen LogP contribution in [0.15, 0.2) is 0 Å². The summed E-state index contributed by atoms with van der Waals surface area (Å²) in [5.41, 5.74) is 0. The average molecular weight is 216 g/mol. The molecule has 1 fully saturated rings. The van der Waals surface area contributed by atoms with Crippen LogP contribution < -0.4 is 5.32 Å². The van der Waals surface area contributed by atoms with E-state index in [2.05, 4.69) is 10.2 Å². The second kappa shape index (κ2) is 8.05. The lowest BCUT2D eigenvalue weighted by molar-refractivity contribution is 0.0959. The third-order valence-electron chi connectivity index (χ3n) is 3.03. The van der Waals surface area contributed by atoms with Gasteiger partial charge < -0.3 is 15.2 Å². The van der Waals surface area contributed by atoms with Crippen molar-refractivity contribution in [3.8, 4) is 0 Å². The summed E-state index contributed by atoms with van der Waals surface area (Å²) in [6.07, 6.45) is 3.65. The zero-order valence-corrected chi connectivity index (χ0v) is 9.74. The van der Waals surface area contributed by atoms with E-state index < -0.39 is 0 Å². The van der Waals surface area contributed by atoms with Crippen molar-refractivity contribution in [1.29, 1.82) is 0 Å². The van der Waals surface area contributed by atoms with Gasteiger partial charge in [0.2, 0.25) is 0 Å². The van der Waals surface area contributed by atoms with Crippen molar-refractivity contribution in [2.75, 3.05) is 46.5 Å². The number of hydrogen-bond donors (Lipinski definition) is 2. The Morgan fingerprint density at radius 2 is 2.20 bits per heavy atom. The highest BCUT2D eigenvalue weighted by Crippen LogP contribution is 2.12. The molecule has 0 aromatic rings. The highest BCUT2D eigenvalue weighted by Gasteiger charge is 2.18. The molecule has 0 spiro atoms. The molecule has 0 bridgehead atoms. The van der Waals surface area contributed by atoms with Crippen LogP contribution in [0.1, 0.15) is 19.3 Å². The van der Waals surface area contributed by atoms with Gasteiger partial charge in [0.15, 0.2) is 0 Å². The zero-order chi connectivity index (χ0) is 10.9. The second-order valence-corrected chi connectivity index (χ2v) is 4.09. The number of aliphatic hydroxyl groups excluding tert-OH is 1. The van der Waals surface area contributed by atoms with Gasteiger partial charge in [-0.15, -0.1) is 0 Å². The fraction of sp³-hybridized carbons (Fsp3) is 1.00. The Kier molecular flexibility index (Phi) is 6.92. The first-order chi connectivity index (χ1) is 7.38. The van der Waals surface area contributed by atoms with Crippen molar-refractivity contribution in [2.45, 2.75) is 25.3 Å². The molecule has 2 N–H and O–H groups in total. The molecule has 0 amide bonds. The van der Waals surface area contributed by atoms with Gasteiger partial charge in [0.05, 0.1) is 13.2 Å². The number of methoxy groups -OCH3 is 1. The minimum atomic E-state index is 0.244. The van der Waals surface area contributed by atoms with Crippen molar-refractivity contribution < 1.29 is 9.84 Å². The number of nitrogens with one attached hydrogen (secondary N) is 1. The van der Waals surface area contributed by atoms with E-state index in [1.807, 2.05) is 0 Å². The van der Waals surface area contributed by atoms with E-state index >= 15 is 0 Å². The van der Waals surface area contributed by atoms with Crippen molar-refractivity contribution in [3.05, 3.63) is 0 Å². The monoisotopic (exact) mass is 216 g/mol. The summed E-state index contributed by atoms with van der Waals surface area (Å²) >= 11 is 0. The van der Waals surface area contributed by atoms with E-state index in [0.29, 0.717) is 6.04 Å². The summed E-state index contributed by atoms with van der Waals surface area (Å²) in [7, 11) is 1.73. The number of aliphatic hydroxyl groups is 1. The second-order valence-electron chi connectivity index (χ2n) is 4.09. The predicted molar refractivity (Wildman–Crippen MR) is 61.0 cm³/mol. The number of rotatable bonds is 6. The largest absolute Gasteiger partial charge is 0.395 e. The van der Waals surface area contributed by atoms with Crippen molar-refractivity contribution in [3.63, 3.8) is 0 Å². The molecule has 1 aliphatic rings. The van der Waals surface area contributed by atoms with E-state index in [-0.39, 0.29) is 6.61 Å². The van der Waals surface area contributed by atoms with E-state index in [1.165, 1.54) is 19.3 Å². The van der Waals surface area contributed by atoms with Crippen LogP contribution in [0.4, 0.5) is 0 Å². The lowest BCUT2D eigenvalue weighted by atomic mass is 10.1. The van der Waals surface area contributed by atoms with Gasteiger partial charge in [0.25, 0.3) is 0 Å². The Morgan fingerprint density at radius 3 is 2.93 bits per heavy atom. The van der Waals surface area contributed by atoms with Gasteiger partial charge in [-0.05, 0) is 32.4 Å². The first-order valence-electron chi connectivity index (χ1n) is 5.93. The van der Waals surface area contributed by atoms with E-state index in [9.17, 15) is 0 Å². The molecule has 1 atom stereocenters. The highest BCUT2D eigenvalue weighted by molar-refractivity contribution is 4.76. The summed E-state index contributed by atoms with van der Waals surface area (Å²) in [5, 5.41) is 12.4. The third-order valence-corrected chi connectivity index (χ3v) is 3.03. The quantitative estimate of drug-likeness (QED) is 0.659. The molecule has 1 aliphatic heterocycles. The molecule has 4 nitrogen and oxygen atoms in total. The Hall–Kier alpha value is -0.160. The molecule has 1 saturated heterocycles. The SMILES string of the molecule is COCCN(CCO)C1CCCNCC1. The average Bonchev–Trinajstić information content (AvgIpc) is 2.52. The van der Waals surface area contributed by atoms with Crippen LogP contribution in [0.2, 0.25) is 0 Å². The highest BCUT2D eigenvalue weighted by atomic mass is 16.5. The van der Waals surface area contributed by atoms with Crippen LogP contribution in [-0.2, 0) is 4.74 Å². The predicted octanol–water partition coefficient (Wildman–Crippen LogP) is 0.0692. The minimum absolute atomic E-state index is 0.244. The molecule has 1 heterocycles. The van der Waals surface area contributed by atoms with Crippen molar-refractivity contribution in [1.82, 2.24) is 10.2 Å². The van der Waals surface area contributed by atoms with Gasteiger partial charge in [-0.25, -0.2) is 0 Å². The molecule has 4 heteroatoms. The fourth-order valence-electron chi connectivity index (χ4n) is 2.18. The number of hydrogen-bond acceptors (Lipinski definition) is 4. The Labute approximate surface area is 92.6 Å². The van der Waals surface area contributed by atoms with Crippen molar-refractivity contribution >= 4 is 0 Å². The van der Waals surface area contributed by atoms with Gasteiger partial charge in [-0.2, -0.15) is 0 Å². The van der Waals surface area contributed by atoms with Crippen LogP contribution in [0, 0.1) is 0 Å². The molecule has 1 unspecified atom stereocenters. The van der Waals surface area contributed by atoms with Crippen LogP contribution >= 0.6 is 0 Å². The van der Waals surface area contributed by atoms with Crippen LogP contribution in [0.3, 0.4) is 0 Å². The summed E-state index contributed by atoms with van der Waals surface area (Å²) in [6.45, 7) is 4.93. The lowest BCUT2D eigenvalue weighted by Gasteiger charge is -2.30. The third kappa shape index (κ3) is 4.93. The van der Waals surface area contributed by atoms with Crippen LogP contribution in [0.5, 0.6) is 0 Å². The summed E-state index contributed by atoms with van der Waals surface area (Å²) in [6, 6.07) is 0.613. The maximum absolute atomic E-state index is 9.04. The van der Waals surface area contributed by atoms with Gasteiger partial charge in [-0.1, -0.05) is 0 Å². The normalized spacial score (nSPS) is 23.0. The molecule has 0 aliphatic carbocycles. The van der Waals surface area contributed by atoms with E-state index in [4.69, 9.17) is 9.84 Å². The molecular weight excluding hydrogens is 192 g/mol. The topological polar surface area (TPSA) is 44.7 Å². The number of ether oxygens (including phenoxy) is 1. The Morgan fingerprint density at radius 1 is 1.33 bits per heavy atom. The molecule has 15 heavy (non-hydrogen) atoms. The smallest absolute Gasteiger partial charge is 0.0589 e. The molecule has 0 saturated carbocycles. The Balaban J connectivity index is 2.36. The van der Waals surface area contributed by atoms with Crippen molar-refractivity contribution in [2.24, 2.45) is 0 Å². The lowest BCUT2D eigenvalue weighted by Crippen LogP contribution is -2.40. The Bertz CT molecular complexity index is 148. The fourth-order valence-corrected chi connectivity index (χ4v) is 2.18. The summed E-state index contributed by atoms with van der Waals surface area (Å²) in [5.74, 6) is 0. The first kappa shape index (κ1) is 12.9. The summed E-state index contributed by atoms with van der Waals surface area (Å²) < 4.78 is 5.10. The minimum Gasteiger partial charge on any atom is -0.395 e. The molecular formula is C11H24N2O2. The molecule has 1 rings (SSSR count). The molecule has 0 aromatic carbocycles.